The highest BCUT2D eigenvalue weighted by atomic mass is 32.1. The standard InChI is InChI=1S/C26H27N5O2S2/c1-4-16-5-7-17(8-6-16)23-21(29-15(3)35-23)25(33)31-13-18-11-19(18)20(31)12-27-24(32)22-14(2)28-26-30(22)9-10-34-26/h5-10,18-20H,4,11-13H2,1-3H3,(H,27,32)/t18-,19-,20+/m0/s1. The van der Waals surface area contributed by atoms with Gasteiger partial charge in [0.1, 0.15) is 11.4 Å². The molecule has 3 atom stereocenters. The van der Waals surface area contributed by atoms with Gasteiger partial charge in [-0.15, -0.1) is 22.7 Å². The van der Waals surface area contributed by atoms with Crippen molar-refractivity contribution in [3.05, 3.63) is 63.5 Å². The quantitative estimate of drug-likeness (QED) is 0.416. The summed E-state index contributed by atoms with van der Waals surface area (Å²) in [7, 11) is 0. The van der Waals surface area contributed by atoms with Gasteiger partial charge in [0.15, 0.2) is 4.96 Å². The van der Waals surface area contributed by atoms with Crippen molar-refractivity contribution in [1.82, 2.24) is 24.6 Å². The maximum atomic E-state index is 13.8. The van der Waals surface area contributed by atoms with E-state index >= 15 is 0 Å². The van der Waals surface area contributed by atoms with Crippen LogP contribution in [0.2, 0.25) is 0 Å². The van der Waals surface area contributed by atoms with E-state index < -0.39 is 0 Å². The van der Waals surface area contributed by atoms with Gasteiger partial charge in [-0.25, -0.2) is 9.97 Å². The van der Waals surface area contributed by atoms with Gasteiger partial charge in [0.2, 0.25) is 0 Å². The molecule has 1 aromatic carbocycles. The Bertz CT molecular complexity index is 1430. The number of aryl methyl sites for hydroxylation is 3. The molecule has 0 spiro atoms. The third-order valence-electron chi connectivity index (χ3n) is 7.25. The Morgan fingerprint density at radius 3 is 2.74 bits per heavy atom. The number of nitrogens with one attached hydrogen (secondary N) is 1. The number of imidazole rings is 1. The average molecular weight is 506 g/mol. The van der Waals surface area contributed by atoms with E-state index in [4.69, 9.17) is 0 Å². The molecule has 3 aromatic heterocycles. The van der Waals surface area contributed by atoms with Crippen LogP contribution in [0.15, 0.2) is 35.8 Å². The number of fused-ring (bicyclic) bond motifs is 2. The molecule has 0 radical (unpaired) electrons. The fourth-order valence-electron chi connectivity index (χ4n) is 5.31. The van der Waals surface area contributed by atoms with E-state index in [2.05, 4.69) is 46.5 Å². The monoisotopic (exact) mass is 505 g/mol. The minimum absolute atomic E-state index is 0.0139. The largest absolute Gasteiger partial charge is 0.349 e. The summed E-state index contributed by atoms with van der Waals surface area (Å²) in [5.74, 6) is 0.786. The first-order valence-corrected chi connectivity index (χ1v) is 13.7. The van der Waals surface area contributed by atoms with E-state index in [1.54, 1.807) is 11.3 Å². The fourth-order valence-corrected chi connectivity index (χ4v) is 6.99. The second-order valence-corrected chi connectivity index (χ2v) is 11.5. The Morgan fingerprint density at radius 1 is 1.17 bits per heavy atom. The summed E-state index contributed by atoms with van der Waals surface area (Å²) < 4.78 is 1.83. The van der Waals surface area contributed by atoms with Crippen LogP contribution in [0.1, 0.15) is 50.6 Å². The van der Waals surface area contributed by atoms with Crippen molar-refractivity contribution < 1.29 is 9.59 Å². The molecule has 2 aliphatic rings. The number of carbonyl (C=O) groups excluding carboxylic acids is 2. The molecule has 1 saturated carbocycles. The highest BCUT2D eigenvalue weighted by Gasteiger charge is 2.54. The van der Waals surface area contributed by atoms with Crippen molar-refractivity contribution in [2.24, 2.45) is 11.8 Å². The van der Waals surface area contributed by atoms with Crippen molar-refractivity contribution in [2.75, 3.05) is 13.1 Å². The Labute approximate surface area is 211 Å². The third kappa shape index (κ3) is 3.87. The molecule has 180 valence electrons. The van der Waals surface area contributed by atoms with Crippen LogP contribution in [-0.2, 0) is 6.42 Å². The molecule has 0 unspecified atom stereocenters. The second kappa shape index (κ2) is 8.57. The minimum atomic E-state index is -0.147. The Morgan fingerprint density at radius 2 is 1.97 bits per heavy atom. The number of amides is 2. The van der Waals surface area contributed by atoms with Gasteiger partial charge in [0.25, 0.3) is 11.8 Å². The van der Waals surface area contributed by atoms with Crippen LogP contribution in [-0.4, -0.2) is 50.2 Å². The number of carbonyl (C=O) groups is 2. The first kappa shape index (κ1) is 22.4. The zero-order chi connectivity index (χ0) is 24.3. The number of piperidine rings is 1. The molecule has 0 bridgehead atoms. The van der Waals surface area contributed by atoms with Gasteiger partial charge < -0.3 is 10.2 Å². The molecule has 7 nitrogen and oxygen atoms in total. The van der Waals surface area contributed by atoms with Gasteiger partial charge in [-0.3, -0.25) is 14.0 Å². The first-order chi connectivity index (χ1) is 16.9. The summed E-state index contributed by atoms with van der Waals surface area (Å²) in [6.07, 6.45) is 3.97. The van der Waals surface area contributed by atoms with Crippen molar-refractivity contribution in [3.8, 4) is 10.4 Å². The van der Waals surface area contributed by atoms with E-state index in [0.717, 1.165) is 45.5 Å². The third-order valence-corrected chi connectivity index (χ3v) is 9.02. The Hall–Kier alpha value is -3.04. The first-order valence-electron chi connectivity index (χ1n) is 12.0. The number of thiazole rings is 2. The number of benzene rings is 1. The smallest absolute Gasteiger partial charge is 0.274 e. The van der Waals surface area contributed by atoms with Crippen molar-refractivity contribution in [1.29, 1.82) is 0 Å². The molecule has 1 aliphatic carbocycles. The normalized spacial score (nSPS) is 20.9. The minimum Gasteiger partial charge on any atom is -0.349 e. The van der Waals surface area contributed by atoms with Gasteiger partial charge in [0.05, 0.1) is 21.6 Å². The molecule has 9 heteroatoms. The SMILES string of the molecule is CCc1ccc(-c2sc(C)nc2C(=O)N2C[C@@H]3C[C@@H]3[C@H]2CNC(=O)c2c(C)nc3sccn23)cc1. The number of nitrogens with zero attached hydrogens (tertiary/aromatic N) is 4. The zero-order valence-electron chi connectivity index (χ0n) is 19.9. The highest BCUT2D eigenvalue weighted by molar-refractivity contribution is 7.15. The predicted molar refractivity (Wildman–Crippen MR) is 138 cm³/mol. The topological polar surface area (TPSA) is 79.6 Å². The molecule has 35 heavy (non-hydrogen) atoms. The lowest BCUT2D eigenvalue weighted by Crippen LogP contribution is -2.46. The van der Waals surface area contributed by atoms with Crippen LogP contribution in [0.4, 0.5) is 0 Å². The number of hydrogen-bond acceptors (Lipinski definition) is 6. The van der Waals surface area contributed by atoms with Crippen LogP contribution in [0.3, 0.4) is 0 Å². The molecule has 4 aromatic rings. The Balaban J connectivity index is 1.22. The highest BCUT2D eigenvalue weighted by Crippen LogP contribution is 2.50. The molecule has 1 aliphatic heterocycles. The Kier molecular flexibility index (Phi) is 5.49. The van der Waals surface area contributed by atoms with Crippen LogP contribution in [0, 0.1) is 25.7 Å². The molecule has 4 heterocycles. The predicted octanol–water partition coefficient (Wildman–Crippen LogP) is 4.59. The van der Waals surface area contributed by atoms with E-state index in [0.29, 0.717) is 29.8 Å². The second-order valence-electron chi connectivity index (χ2n) is 9.46. The van der Waals surface area contributed by atoms with Crippen LogP contribution in [0.5, 0.6) is 0 Å². The number of aromatic nitrogens is 3. The van der Waals surface area contributed by atoms with Gasteiger partial charge in [-0.2, -0.15) is 0 Å². The lowest BCUT2D eigenvalue weighted by molar-refractivity contribution is 0.0690. The molecule has 1 saturated heterocycles. The van der Waals surface area contributed by atoms with Crippen LogP contribution < -0.4 is 5.32 Å². The van der Waals surface area contributed by atoms with Crippen molar-refractivity contribution in [3.63, 3.8) is 0 Å². The molecule has 2 amide bonds. The van der Waals surface area contributed by atoms with Gasteiger partial charge in [-0.1, -0.05) is 31.2 Å². The number of rotatable bonds is 6. The summed E-state index contributed by atoms with van der Waals surface area (Å²) in [6, 6.07) is 8.39. The average Bonchev–Trinajstić information content (AvgIpc) is 3.18. The van der Waals surface area contributed by atoms with Gasteiger partial charge in [-0.05, 0) is 49.7 Å². The number of hydrogen-bond donors (Lipinski definition) is 1. The number of likely N-dealkylation sites (tertiary alicyclic amines) is 1. The zero-order valence-corrected chi connectivity index (χ0v) is 21.6. The summed E-state index contributed by atoms with van der Waals surface area (Å²) in [5, 5.41) is 5.91. The van der Waals surface area contributed by atoms with Crippen molar-refractivity contribution >= 4 is 39.4 Å². The summed E-state index contributed by atoms with van der Waals surface area (Å²) in [4.78, 5) is 39.7. The molecular weight excluding hydrogens is 478 g/mol. The molecule has 1 N–H and O–H groups in total. The maximum absolute atomic E-state index is 13.8. The molecule has 6 rings (SSSR count). The molecule has 2 fully saturated rings. The summed E-state index contributed by atoms with van der Waals surface area (Å²) >= 11 is 3.07. The fraction of sp³-hybridized carbons (Fsp3) is 0.385. The lowest BCUT2D eigenvalue weighted by atomic mass is 10.1. The van der Waals surface area contributed by atoms with E-state index in [9.17, 15) is 9.59 Å². The van der Waals surface area contributed by atoms with E-state index in [1.165, 1.54) is 16.9 Å². The van der Waals surface area contributed by atoms with Gasteiger partial charge in [0, 0.05) is 24.7 Å². The molecular formula is C26H27N5O2S2. The summed E-state index contributed by atoms with van der Waals surface area (Å²) in [5.41, 5.74) is 4.11. The summed E-state index contributed by atoms with van der Waals surface area (Å²) in [6.45, 7) is 7.11. The maximum Gasteiger partial charge on any atom is 0.274 e. The van der Waals surface area contributed by atoms with Crippen LogP contribution in [0.25, 0.3) is 15.4 Å². The van der Waals surface area contributed by atoms with Gasteiger partial charge >= 0.3 is 0 Å². The van der Waals surface area contributed by atoms with E-state index in [1.807, 2.05) is 34.7 Å². The van der Waals surface area contributed by atoms with Crippen molar-refractivity contribution in [2.45, 2.75) is 39.7 Å². The lowest BCUT2D eigenvalue weighted by Gasteiger charge is -2.27. The van der Waals surface area contributed by atoms with Crippen LogP contribution >= 0.6 is 22.7 Å². The van der Waals surface area contributed by atoms with E-state index in [-0.39, 0.29) is 17.9 Å².